The van der Waals surface area contributed by atoms with Crippen LogP contribution in [0.1, 0.15) is 5.56 Å². The number of hydrogen-bond donors (Lipinski definition) is 3. The van der Waals surface area contributed by atoms with Crippen molar-refractivity contribution >= 4 is 35.3 Å². The number of hydrogen-bond acceptors (Lipinski definition) is 7. The van der Waals surface area contributed by atoms with Crippen molar-refractivity contribution in [2.75, 3.05) is 24.7 Å². The maximum absolute atomic E-state index is 4.25. The van der Waals surface area contributed by atoms with Gasteiger partial charge in [-0.15, -0.1) is 0 Å². The minimum atomic E-state index is 0.688. The summed E-state index contributed by atoms with van der Waals surface area (Å²) in [4.78, 5) is 13.6. The van der Waals surface area contributed by atoms with E-state index in [-0.39, 0.29) is 0 Å². The summed E-state index contributed by atoms with van der Waals surface area (Å²) in [5.74, 6) is 1.42. The first kappa shape index (κ1) is 14.3. The Labute approximate surface area is 122 Å². The van der Waals surface area contributed by atoms with E-state index in [1.54, 1.807) is 18.5 Å². The molecule has 0 aliphatic carbocycles. The molecule has 2 aromatic rings. The zero-order valence-corrected chi connectivity index (χ0v) is 12.2. The minimum Gasteiger partial charge on any atom is -0.372 e. The molecule has 0 fully saturated rings. The third-order valence-corrected chi connectivity index (χ3v) is 3.18. The van der Waals surface area contributed by atoms with E-state index in [1.807, 2.05) is 20.2 Å². The van der Waals surface area contributed by atoms with Crippen LogP contribution in [0.3, 0.4) is 0 Å². The molecule has 0 aromatic carbocycles. The fraction of sp³-hybridized carbons (Fsp3) is 0.154. The van der Waals surface area contributed by atoms with Crippen LogP contribution in [-0.4, -0.2) is 29.0 Å². The van der Waals surface area contributed by atoms with Gasteiger partial charge in [0.05, 0.1) is 17.4 Å². The third kappa shape index (κ3) is 3.25. The average Bonchev–Trinajstić information content (AvgIpc) is 2.47. The van der Waals surface area contributed by atoms with Gasteiger partial charge in [0.1, 0.15) is 18.0 Å². The molecular weight excluding hydrogens is 272 g/mol. The maximum Gasteiger partial charge on any atom is 0.143 e. The average molecular weight is 288 g/mol. The second-order valence-corrected chi connectivity index (χ2v) is 4.86. The van der Waals surface area contributed by atoms with E-state index in [0.717, 1.165) is 22.0 Å². The molecule has 6 nitrogen and oxygen atoms in total. The summed E-state index contributed by atoms with van der Waals surface area (Å²) >= 11 is 1.50. The summed E-state index contributed by atoms with van der Waals surface area (Å²) in [6, 6.07) is 1.99. The van der Waals surface area contributed by atoms with Crippen LogP contribution in [0.25, 0.3) is 6.08 Å². The summed E-state index contributed by atoms with van der Waals surface area (Å²) in [5.41, 5.74) is 1.68. The van der Waals surface area contributed by atoms with Crippen LogP contribution in [0.4, 0.5) is 17.3 Å². The van der Waals surface area contributed by atoms with E-state index in [2.05, 4.69) is 36.9 Å². The molecule has 0 aliphatic rings. The number of nitrogens with zero attached hydrogens (tertiary/aromatic N) is 3. The van der Waals surface area contributed by atoms with Crippen LogP contribution in [0.15, 0.2) is 36.3 Å². The Morgan fingerprint density at radius 3 is 2.70 bits per heavy atom. The SMILES string of the molecule is C=Cc1c(NC)ncnc1Nc1cncc(SNC)c1. The number of aromatic nitrogens is 3. The molecule has 7 heteroatoms. The molecule has 104 valence electrons. The molecule has 2 rings (SSSR count). The summed E-state index contributed by atoms with van der Waals surface area (Å²) in [6.45, 7) is 3.80. The zero-order valence-electron chi connectivity index (χ0n) is 11.3. The summed E-state index contributed by atoms with van der Waals surface area (Å²) in [6.07, 6.45) is 6.75. The van der Waals surface area contributed by atoms with E-state index < -0.39 is 0 Å². The molecule has 0 bridgehead atoms. The van der Waals surface area contributed by atoms with E-state index >= 15 is 0 Å². The Balaban J connectivity index is 2.30. The summed E-state index contributed by atoms with van der Waals surface area (Å²) in [5, 5.41) is 6.24. The Kier molecular flexibility index (Phi) is 4.91. The second-order valence-electron chi connectivity index (χ2n) is 3.78. The van der Waals surface area contributed by atoms with Gasteiger partial charge in [0.2, 0.25) is 0 Å². The Morgan fingerprint density at radius 2 is 2.00 bits per heavy atom. The molecule has 0 unspecified atom stereocenters. The van der Waals surface area contributed by atoms with E-state index in [1.165, 1.54) is 18.3 Å². The van der Waals surface area contributed by atoms with Gasteiger partial charge in [0, 0.05) is 18.1 Å². The highest BCUT2D eigenvalue weighted by atomic mass is 32.2. The summed E-state index contributed by atoms with van der Waals surface area (Å²) in [7, 11) is 3.68. The van der Waals surface area contributed by atoms with Crippen LogP contribution < -0.4 is 15.4 Å². The lowest BCUT2D eigenvalue weighted by Gasteiger charge is -2.11. The van der Waals surface area contributed by atoms with Crippen molar-refractivity contribution in [2.24, 2.45) is 0 Å². The Hall–Kier alpha value is -2.12. The van der Waals surface area contributed by atoms with E-state index in [9.17, 15) is 0 Å². The number of nitrogens with one attached hydrogen (secondary N) is 3. The fourth-order valence-corrected chi connectivity index (χ4v) is 2.22. The molecule has 0 radical (unpaired) electrons. The highest BCUT2D eigenvalue weighted by molar-refractivity contribution is 7.97. The first-order valence-electron chi connectivity index (χ1n) is 5.99. The smallest absolute Gasteiger partial charge is 0.143 e. The molecule has 3 N–H and O–H groups in total. The van der Waals surface area contributed by atoms with Crippen molar-refractivity contribution in [1.82, 2.24) is 19.7 Å². The lowest BCUT2D eigenvalue weighted by Crippen LogP contribution is -2.03. The Bertz CT molecular complexity index is 601. The lowest BCUT2D eigenvalue weighted by atomic mass is 10.2. The first-order valence-corrected chi connectivity index (χ1v) is 6.81. The van der Waals surface area contributed by atoms with Gasteiger partial charge in [-0.1, -0.05) is 12.7 Å². The maximum atomic E-state index is 4.25. The quantitative estimate of drug-likeness (QED) is 0.705. The van der Waals surface area contributed by atoms with Gasteiger partial charge in [-0.25, -0.2) is 9.97 Å². The Morgan fingerprint density at radius 1 is 1.20 bits per heavy atom. The van der Waals surface area contributed by atoms with Gasteiger partial charge in [-0.2, -0.15) is 0 Å². The molecule has 0 atom stereocenters. The fourth-order valence-electron chi connectivity index (χ4n) is 1.69. The lowest BCUT2D eigenvalue weighted by molar-refractivity contribution is 1.14. The van der Waals surface area contributed by atoms with Crippen LogP contribution >= 0.6 is 11.9 Å². The third-order valence-electron chi connectivity index (χ3n) is 2.52. The predicted molar refractivity (Wildman–Crippen MR) is 84.1 cm³/mol. The van der Waals surface area contributed by atoms with Crippen LogP contribution in [-0.2, 0) is 0 Å². The molecule has 0 amide bonds. The zero-order chi connectivity index (χ0) is 14.4. The van der Waals surface area contributed by atoms with Crippen molar-refractivity contribution in [3.05, 3.63) is 36.9 Å². The van der Waals surface area contributed by atoms with E-state index in [0.29, 0.717) is 5.82 Å². The molecule has 0 saturated heterocycles. The van der Waals surface area contributed by atoms with Crippen molar-refractivity contribution in [3.63, 3.8) is 0 Å². The molecular formula is C13H16N6S. The second kappa shape index (κ2) is 6.88. The highest BCUT2D eigenvalue weighted by Crippen LogP contribution is 2.25. The topological polar surface area (TPSA) is 74.8 Å². The van der Waals surface area contributed by atoms with Gasteiger partial charge in [0.25, 0.3) is 0 Å². The molecule has 20 heavy (non-hydrogen) atoms. The molecule has 2 aromatic heterocycles. The van der Waals surface area contributed by atoms with Crippen molar-refractivity contribution in [2.45, 2.75) is 4.90 Å². The van der Waals surface area contributed by atoms with Crippen molar-refractivity contribution in [3.8, 4) is 0 Å². The number of rotatable bonds is 6. The minimum absolute atomic E-state index is 0.688. The normalized spacial score (nSPS) is 10.1. The van der Waals surface area contributed by atoms with Gasteiger partial charge in [0.15, 0.2) is 0 Å². The standard InChI is InChI=1S/C13H16N6S/c1-4-11-12(14-2)17-8-18-13(11)19-9-5-10(20-15-3)7-16-6-9/h4-8,15H,1H2,2-3H3,(H2,14,17,18,19). The summed E-state index contributed by atoms with van der Waals surface area (Å²) < 4.78 is 3.01. The number of pyridine rings is 1. The molecule has 2 heterocycles. The van der Waals surface area contributed by atoms with Gasteiger partial charge in [-0.05, 0) is 25.1 Å². The van der Waals surface area contributed by atoms with Gasteiger partial charge in [-0.3, -0.25) is 9.71 Å². The first-order chi connectivity index (χ1) is 9.78. The molecule has 0 saturated carbocycles. The van der Waals surface area contributed by atoms with Crippen LogP contribution in [0.5, 0.6) is 0 Å². The molecule has 0 aliphatic heterocycles. The molecule has 0 spiro atoms. The van der Waals surface area contributed by atoms with Crippen LogP contribution in [0, 0.1) is 0 Å². The van der Waals surface area contributed by atoms with Gasteiger partial charge < -0.3 is 10.6 Å². The largest absolute Gasteiger partial charge is 0.372 e. The van der Waals surface area contributed by atoms with Gasteiger partial charge >= 0.3 is 0 Å². The predicted octanol–water partition coefficient (Wildman–Crippen LogP) is 2.53. The van der Waals surface area contributed by atoms with E-state index in [4.69, 9.17) is 0 Å². The van der Waals surface area contributed by atoms with Crippen LogP contribution in [0.2, 0.25) is 0 Å². The van der Waals surface area contributed by atoms with Crippen molar-refractivity contribution in [1.29, 1.82) is 0 Å². The number of anilines is 3. The van der Waals surface area contributed by atoms with Crippen molar-refractivity contribution < 1.29 is 0 Å². The monoisotopic (exact) mass is 288 g/mol. The highest BCUT2D eigenvalue weighted by Gasteiger charge is 2.08.